The maximum atomic E-state index is 12.2. The van der Waals surface area contributed by atoms with Gasteiger partial charge in [-0.3, -0.25) is 4.79 Å². The minimum Gasteiger partial charge on any atom is -0.321 e. The summed E-state index contributed by atoms with van der Waals surface area (Å²) in [5.41, 5.74) is 3.66. The highest BCUT2D eigenvalue weighted by Crippen LogP contribution is 2.22. The molecule has 0 aliphatic heterocycles. The van der Waals surface area contributed by atoms with E-state index >= 15 is 0 Å². The van der Waals surface area contributed by atoms with E-state index in [4.69, 9.17) is 11.6 Å². The summed E-state index contributed by atoms with van der Waals surface area (Å²) in [5.74, 6) is -0.133. The number of carbonyl (C=O) groups is 1. The average molecular weight is 274 g/mol. The quantitative estimate of drug-likeness (QED) is 0.879. The Balaban J connectivity index is 2.29. The number of rotatable bonds is 3. The van der Waals surface area contributed by atoms with E-state index in [-0.39, 0.29) is 5.91 Å². The molecule has 2 nitrogen and oxygen atoms in total. The van der Waals surface area contributed by atoms with Gasteiger partial charge in [-0.05, 0) is 42.7 Å². The molecule has 98 valence electrons. The number of halogens is 1. The lowest BCUT2D eigenvalue weighted by Gasteiger charge is -2.13. The zero-order valence-corrected chi connectivity index (χ0v) is 11.8. The van der Waals surface area contributed by atoms with Gasteiger partial charge in [-0.1, -0.05) is 42.8 Å². The van der Waals surface area contributed by atoms with Crippen molar-refractivity contribution in [3.05, 3.63) is 64.2 Å². The first kappa shape index (κ1) is 13.6. The SMILES string of the molecule is CCc1cccc(C)c1NC(=O)c1cccc(Cl)c1. The Labute approximate surface area is 118 Å². The van der Waals surface area contributed by atoms with E-state index in [1.54, 1.807) is 24.3 Å². The van der Waals surface area contributed by atoms with Crippen molar-refractivity contribution in [2.75, 3.05) is 5.32 Å². The molecule has 0 bridgehead atoms. The first-order valence-electron chi connectivity index (χ1n) is 6.27. The van der Waals surface area contributed by atoms with Crippen molar-refractivity contribution in [3.63, 3.8) is 0 Å². The molecule has 19 heavy (non-hydrogen) atoms. The first-order chi connectivity index (χ1) is 9.11. The van der Waals surface area contributed by atoms with E-state index in [0.29, 0.717) is 10.6 Å². The molecular weight excluding hydrogens is 258 g/mol. The molecule has 0 atom stereocenters. The number of hydrogen-bond acceptors (Lipinski definition) is 1. The van der Waals surface area contributed by atoms with Gasteiger partial charge in [0.2, 0.25) is 0 Å². The van der Waals surface area contributed by atoms with Crippen LogP contribution in [0.2, 0.25) is 5.02 Å². The number of carbonyl (C=O) groups excluding carboxylic acids is 1. The Hall–Kier alpha value is -1.80. The summed E-state index contributed by atoms with van der Waals surface area (Å²) >= 11 is 5.90. The molecule has 1 N–H and O–H groups in total. The van der Waals surface area contributed by atoms with Gasteiger partial charge in [-0.25, -0.2) is 0 Å². The fourth-order valence-corrected chi connectivity index (χ4v) is 2.21. The molecule has 0 aliphatic carbocycles. The van der Waals surface area contributed by atoms with Gasteiger partial charge in [0.15, 0.2) is 0 Å². The van der Waals surface area contributed by atoms with Crippen LogP contribution in [-0.2, 0) is 6.42 Å². The summed E-state index contributed by atoms with van der Waals surface area (Å²) in [6.07, 6.45) is 0.882. The monoisotopic (exact) mass is 273 g/mol. The standard InChI is InChI=1S/C16H16ClNO/c1-3-12-7-4-6-11(2)15(12)18-16(19)13-8-5-9-14(17)10-13/h4-10H,3H2,1-2H3,(H,18,19). The third kappa shape index (κ3) is 3.15. The van der Waals surface area contributed by atoms with Gasteiger partial charge in [0.25, 0.3) is 5.91 Å². The maximum absolute atomic E-state index is 12.2. The number of aryl methyl sites for hydroxylation is 2. The third-order valence-electron chi connectivity index (χ3n) is 3.07. The number of para-hydroxylation sites is 1. The highest BCUT2D eigenvalue weighted by molar-refractivity contribution is 6.31. The van der Waals surface area contributed by atoms with Crippen molar-refractivity contribution < 1.29 is 4.79 Å². The Morgan fingerprint density at radius 1 is 1.21 bits per heavy atom. The summed E-state index contributed by atoms with van der Waals surface area (Å²) in [5, 5.41) is 3.54. The topological polar surface area (TPSA) is 29.1 Å². The predicted octanol–water partition coefficient (Wildman–Crippen LogP) is 4.46. The van der Waals surface area contributed by atoms with Crippen LogP contribution in [0, 0.1) is 6.92 Å². The van der Waals surface area contributed by atoms with Crippen molar-refractivity contribution in [2.24, 2.45) is 0 Å². The van der Waals surface area contributed by atoms with Crippen LogP contribution in [0.1, 0.15) is 28.4 Å². The fraction of sp³-hybridized carbons (Fsp3) is 0.188. The second kappa shape index (κ2) is 5.89. The van der Waals surface area contributed by atoms with Crippen LogP contribution >= 0.6 is 11.6 Å². The highest BCUT2D eigenvalue weighted by Gasteiger charge is 2.10. The van der Waals surface area contributed by atoms with Gasteiger partial charge in [0.1, 0.15) is 0 Å². The first-order valence-corrected chi connectivity index (χ1v) is 6.65. The van der Waals surface area contributed by atoms with Crippen molar-refractivity contribution in [1.29, 1.82) is 0 Å². The van der Waals surface area contributed by atoms with Crippen LogP contribution in [0.25, 0.3) is 0 Å². The van der Waals surface area contributed by atoms with Crippen LogP contribution in [0.3, 0.4) is 0 Å². The zero-order valence-electron chi connectivity index (χ0n) is 11.0. The summed E-state index contributed by atoms with van der Waals surface area (Å²) in [7, 11) is 0. The fourth-order valence-electron chi connectivity index (χ4n) is 2.02. The molecule has 0 aromatic heterocycles. The van der Waals surface area contributed by atoms with Gasteiger partial charge in [0.05, 0.1) is 0 Å². The molecule has 0 aliphatic rings. The molecule has 2 aromatic carbocycles. The Kier molecular flexibility index (Phi) is 4.23. The second-order valence-corrected chi connectivity index (χ2v) is 4.86. The highest BCUT2D eigenvalue weighted by atomic mass is 35.5. The molecule has 0 radical (unpaired) electrons. The number of hydrogen-bond donors (Lipinski definition) is 1. The van der Waals surface area contributed by atoms with Crippen LogP contribution in [0.5, 0.6) is 0 Å². The minimum absolute atomic E-state index is 0.133. The predicted molar refractivity (Wildman–Crippen MR) is 80.0 cm³/mol. The Morgan fingerprint density at radius 3 is 2.63 bits per heavy atom. The lowest BCUT2D eigenvalue weighted by Crippen LogP contribution is -2.14. The normalized spacial score (nSPS) is 10.3. The number of benzene rings is 2. The maximum Gasteiger partial charge on any atom is 0.255 e. The van der Waals surface area contributed by atoms with Crippen molar-refractivity contribution in [1.82, 2.24) is 0 Å². The summed E-state index contributed by atoms with van der Waals surface area (Å²) in [6.45, 7) is 4.07. The van der Waals surface area contributed by atoms with Gasteiger partial charge in [-0.15, -0.1) is 0 Å². The summed E-state index contributed by atoms with van der Waals surface area (Å²) in [4.78, 5) is 12.2. The molecule has 0 heterocycles. The van der Waals surface area contributed by atoms with Gasteiger partial charge < -0.3 is 5.32 Å². The molecule has 1 amide bonds. The van der Waals surface area contributed by atoms with E-state index in [1.807, 2.05) is 25.1 Å². The van der Waals surface area contributed by atoms with Crippen molar-refractivity contribution in [3.8, 4) is 0 Å². The van der Waals surface area contributed by atoms with Gasteiger partial charge in [0, 0.05) is 16.3 Å². The molecule has 0 spiro atoms. The smallest absolute Gasteiger partial charge is 0.255 e. The van der Waals surface area contributed by atoms with Crippen LogP contribution in [0.15, 0.2) is 42.5 Å². The molecule has 0 unspecified atom stereocenters. The number of anilines is 1. The van der Waals surface area contributed by atoms with E-state index in [2.05, 4.69) is 12.2 Å². The molecule has 0 saturated heterocycles. The minimum atomic E-state index is -0.133. The molecule has 2 rings (SSSR count). The van der Waals surface area contributed by atoms with Crippen LogP contribution < -0.4 is 5.32 Å². The lowest BCUT2D eigenvalue weighted by atomic mass is 10.1. The number of nitrogens with one attached hydrogen (secondary N) is 1. The second-order valence-electron chi connectivity index (χ2n) is 4.43. The lowest BCUT2D eigenvalue weighted by molar-refractivity contribution is 0.102. The van der Waals surface area contributed by atoms with Crippen LogP contribution in [-0.4, -0.2) is 5.91 Å². The zero-order chi connectivity index (χ0) is 13.8. The van der Waals surface area contributed by atoms with Crippen molar-refractivity contribution in [2.45, 2.75) is 20.3 Å². The van der Waals surface area contributed by atoms with E-state index in [0.717, 1.165) is 23.2 Å². The summed E-state index contributed by atoms with van der Waals surface area (Å²) < 4.78 is 0. The van der Waals surface area contributed by atoms with E-state index in [9.17, 15) is 4.79 Å². The molecule has 0 fully saturated rings. The van der Waals surface area contributed by atoms with Gasteiger partial charge in [-0.2, -0.15) is 0 Å². The van der Waals surface area contributed by atoms with Gasteiger partial charge >= 0.3 is 0 Å². The third-order valence-corrected chi connectivity index (χ3v) is 3.30. The molecule has 2 aromatic rings. The Morgan fingerprint density at radius 2 is 1.95 bits per heavy atom. The van der Waals surface area contributed by atoms with E-state index in [1.165, 1.54) is 0 Å². The average Bonchev–Trinajstić information content (AvgIpc) is 2.41. The largest absolute Gasteiger partial charge is 0.321 e. The molecular formula is C16H16ClNO. The van der Waals surface area contributed by atoms with E-state index < -0.39 is 0 Å². The molecule has 3 heteroatoms. The van der Waals surface area contributed by atoms with Crippen LogP contribution in [0.4, 0.5) is 5.69 Å². The number of amides is 1. The molecule has 0 saturated carbocycles. The summed E-state index contributed by atoms with van der Waals surface area (Å²) in [6, 6.07) is 13.0. The van der Waals surface area contributed by atoms with Crippen molar-refractivity contribution >= 4 is 23.2 Å². The Bertz CT molecular complexity index is 607.